The van der Waals surface area contributed by atoms with Crippen LogP contribution < -0.4 is 0 Å². The number of rotatable bonds is 8. The number of amides is 1. The fourth-order valence-electron chi connectivity index (χ4n) is 4.85. The van der Waals surface area contributed by atoms with Crippen LogP contribution in [0.15, 0.2) is 48.7 Å². The van der Waals surface area contributed by atoms with Crippen molar-refractivity contribution in [1.82, 2.24) is 14.7 Å². The molecule has 1 aliphatic rings. The van der Waals surface area contributed by atoms with E-state index in [0.29, 0.717) is 10.7 Å². The minimum absolute atomic E-state index is 0.0444. The molecule has 0 saturated heterocycles. The fraction of sp³-hybridized carbons (Fsp3) is 0.333. The molecule has 0 unspecified atom stereocenters. The summed E-state index contributed by atoms with van der Waals surface area (Å²) in [5.41, 5.74) is -2.27. The summed E-state index contributed by atoms with van der Waals surface area (Å²) in [6.45, 7) is -1.34. The van der Waals surface area contributed by atoms with E-state index in [1.54, 1.807) is 0 Å². The Hall–Kier alpha value is -4.29. The van der Waals surface area contributed by atoms with Gasteiger partial charge in [0, 0.05) is 18.2 Å². The molecule has 4 rings (SSSR count). The number of benzene rings is 2. The second-order valence-corrected chi connectivity index (χ2v) is 9.60. The second kappa shape index (κ2) is 11.4. The lowest BCUT2D eigenvalue weighted by molar-refractivity contribution is -0.147. The van der Waals surface area contributed by atoms with Crippen molar-refractivity contribution in [2.45, 2.75) is 44.4 Å². The van der Waals surface area contributed by atoms with Crippen LogP contribution in [0, 0.1) is 17.6 Å². The van der Waals surface area contributed by atoms with Crippen LogP contribution in [0.4, 0.5) is 22.0 Å². The summed E-state index contributed by atoms with van der Waals surface area (Å²) in [5, 5.41) is 22.5. The van der Waals surface area contributed by atoms with Crippen molar-refractivity contribution in [2.24, 2.45) is 5.92 Å². The normalized spacial score (nSPS) is 17.4. The van der Waals surface area contributed by atoms with Gasteiger partial charge in [-0.05, 0) is 67.6 Å². The number of carboxylic acid groups (broad SMARTS) is 1. The number of carbonyl (C=O) groups is 3. The molecular formula is C27H24F5N3O5. The first-order valence-electron chi connectivity index (χ1n) is 12.3. The molecule has 3 aromatic rings. The second-order valence-electron chi connectivity index (χ2n) is 9.60. The molecule has 13 heteroatoms. The summed E-state index contributed by atoms with van der Waals surface area (Å²) in [5.74, 6) is -5.75. The molecule has 0 bridgehead atoms. The van der Waals surface area contributed by atoms with Gasteiger partial charge in [-0.1, -0.05) is 0 Å². The van der Waals surface area contributed by atoms with E-state index in [-0.39, 0.29) is 42.6 Å². The maximum absolute atomic E-state index is 14.3. The summed E-state index contributed by atoms with van der Waals surface area (Å²) in [6, 6.07) is 6.51. The largest absolute Gasteiger partial charge is 0.508 e. The van der Waals surface area contributed by atoms with Crippen LogP contribution in [-0.4, -0.2) is 49.1 Å². The molecule has 8 nitrogen and oxygen atoms in total. The molecule has 1 saturated carbocycles. The third-order valence-corrected chi connectivity index (χ3v) is 6.79. The van der Waals surface area contributed by atoms with E-state index in [1.807, 2.05) is 0 Å². The van der Waals surface area contributed by atoms with Gasteiger partial charge in [-0.3, -0.25) is 19.1 Å². The van der Waals surface area contributed by atoms with Crippen molar-refractivity contribution >= 4 is 17.7 Å². The van der Waals surface area contributed by atoms with Crippen molar-refractivity contribution in [3.63, 3.8) is 0 Å². The third kappa shape index (κ3) is 6.46. The summed E-state index contributed by atoms with van der Waals surface area (Å²) in [6.07, 6.45) is -3.83. The molecule has 1 aliphatic carbocycles. The highest BCUT2D eigenvalue weighted by Crippen LogP contribution is 2.39. The van der Waals surface area contributed by atoms with Crippen LogP contribution in [0.1, 0.15) is 63.7 Å². The van der Waals surface area contributed by atoms with Gasteiger partial charge in [0.1, 0.15) is 17.4 Å². The number of carbonyl (C=O) groups excluding carboxylic acids is 2. The molecule has 0 aliphatic heterocycles. The number of carboxylic acids is 1. The average Bonchev–Trinajstić information content (AvgIpc) is 3.34. The Bertz CT molecular complexity index is 1390. The minimum Gasteiger partial charge on any atom is -0.508 e. The monoisotopic (exact) mass is 565 g/mol. The zero-order chi connectivity index (χ0) is 29.2. The van der Waals surface area contributed by atoms with E-state index in [0.717, 1.165) is 23.2 Å². The van der Waals surface area contributed by atoms with Gasteiger partial charge in [0.15, 0.2) is 11.5 Å². The van der Waals surface area contributed by atoms with E-state index in [2.05, 4.69) is 5.10 Å². The Morgan fingerprint density at radius 1 is 0.975 bits per heavy atom. The number of nitrogens with zero attached hydrogens (tertiary/aromatic N) is 3. The Kier molecular flexibility index (Phi) is 8.21. The van der Waals surface area contributed by atoms with E-state index in [9.17, 15) is 46.5 Å². The van der Waals surface area contributed by atoms with Gasteiger partial charge in [0.2, 0.25) is 0 Å². The van der Waals surface area contributed by atoms with Crippen LogP contribution in [0.25, 0.3) is 0 Å². The molecule has 2 N–H and O–H groups in total. The number of aliphatic carboxylic acids is 1. The SMILES string of the molecule is O=C(CN(Cc1cc(F)cc(F)c1)C(=O)c1cnn([C@H]2CC[C@H](C(=O)O)CC2)c1C(F)(F)F)c1ccc(O)cc1. The highest BCUT2D eigenvalue weighted by molar-refractivity contribution is 6.02. The van der Waals surface area contributed by atoms with E-state index in [1.165, 1.54) is 24.3 Å². The number of Topliss-reactive ketones (excluding diaryl/α,β-unsaturated/α-hetero) is 1. The van der Waals surface area contributed by atoms with Gasteiger partial charge in [0.25, 0.3) is 5.91 Å². The molecule has 1 fully saturated rings. The predicted molar refractivity (Wildman–Crippen MR) is 129 cm³/mol. The van der Waals surface area contributed by atoms with Gasteiger partial charge >= 0.3 is 12.1 Å². The summed E-state index contributed by atoms with van der Waals surface area (Å²) >= 11 is 0. The van der Waals surface area contributed by atoms with Gasteiger partial charge in [-0.2, -0.15) is 18.3 Å². The standard InChI is InChI=1S/C27H24F5N3O5/c28-18-9-15(10-19(29)11-18)13-34(14-23(37)16-3-7-21(36)8-4-16)25(38)22-12-33-35(24(22)27(30,31)32)20-5-1-17(2-6-20)26(39)40/h3-4,7-12,17,20,36H,1-2,5-6,13-14H2,(H,39,40)/t17-,20-. The number of ketones is 1. The van der Waals surface area contributed by atoms with E-state index >= 15 is 0 Å². The van der Waals surface area contributed by atoms with Gasteiger partial charge in [0.05, 0.1) is 30.3 Å². The summed E-state index contributed by atoms with van der Waals surface area (Å²) < 4.78 is 71.3. The van der Waals surface area contributed by atoms with Crippen LogP contribution in [0.3, 0.4) is 0 Å². The summed E-state index contributed by atoms with van der Waals surface area (Å²) in [4.78, 5) is 38.5. The lowest BCUT2D eigenvalue weighted by Crippen LogP contribution is -2.36. The first-order valence-corrected chi connectivity index (χ1v) is 12.3. The van der Waals surface area contributed by atoms with Crippen LogP contribution in [-0.2, 0) is 17.5 Å². The van der Waals surface area contributed by atoms with Gasteiger partial charge in [-0.15, -0.1) is 0 Å². The fourth-order valence-corrected chi connectivity index (χ4v) is 4.85. The molecule has 40 heavy (non-hydrogen) atoms. The zero-order valence-electron chi connectivity index (χ0n) is 20.9. The number of aromatic hydroxyl groups is 1. The van der Waals surface area contributed by atoms with E-state index < -0.39 is 71.8 Å². The van der Waals surface area contributed by atoms with E-state index in [4.69, 9.17) is 0 Å². The van der Waals surface area contributed by atoms with Gasteiger partial charge in [-0.25, -0.2) is 8.78 Å². The molecule has 2 aromatic carbocycles. The molecule has 1 amide bonds. The molecule has 1 aromatic heterocycles. The molecule has 212 valence electrons. The Morgan fingerprint density at radius 2 is 1.57 bits per heavy atom. The van der Waals surface area contributed by atoms with Crippen molar-refractivity contribution in [2.75, 3.05) is 6.54 Å². The zero-order valence-corrected chi connectivity index (χ0v) is 20.9. The number of phenolic OH excluding ortho intramolecular Hbond substituents is 1. The van der Waals surface area contributed by atoms with Gasteiger partial charge < -0.3 is 15.1 Å². The van der Waals surface area contributed by atoms with Crippen molar-refractivity contribution in [3.05, 3.63) is 82.7 Å². The first kappa shape index (κ1) is 28.7. The number of phenols is 1. The molecular weight excluding hydrogens is 541 g/mol. The maximum Gasteiger partial charge on any atom is 0.433 e. The molecule has 0 spiro atoms. The number of hydrogen-bond donors (Lipinski definition) is 2. The lowest BCUT2D eigenvalue weighted by atomic mass is 9.86. The predicted octanol–water partition coefficient (Wildman–Crippen LogP) is 5.23. The average molecular weight is 565 g/mol. The first-order chi connectivity index (χ1) is 18.8. The number of aromatic nitrogens is 2. The number of hydrogen-bond acceptors (Lipinski definition) is 5. The molecule has 0 atom stereocenters. The highest BCUT2D eigenvalue weighted by atomic mass is 19.4. The van der Waals surface area contributed by atoms with Crippen molar-refractivity contribution < 1.29 is 46.5 Å². The summed E-state index contributed by atoms with van der Waals surface area (Å²) in [7, 11) is 0. The quantitative estimate of drug-likeness (QED) is 0.286. The van der Waals surface area contributed by atoms with Crippen LogP contribution in [0.5, 0.6) is 5.75 Å². The maximum atomic E-state index is 14.3. The highest BCUT2D eigenvalue weighted by Gasteiger charge is 2.43. The Labute approximate surface area is 224 Å². The van der Waals surface area contributed by atoms with Crippen LogP contribution in [0.2, 0.25) is 0 Å². The number of alkyl halides is 3. The molecule has 0 radical (unpaired) electrons. The Morgan fingerprint density at radius 3 is 2.12 bits per heavy atom. The minimum atomic E-state index is -5.04. The van der Waals surface area contributed by atoms with Crippen LogP contribution >= 0.6 is 0 Å². The smallest absolute Gasteiger partial charge is 0.433 e. The lowest BCUT2D eigenvalue weighted by Gasteiger charge is -2.28. The third-order valence-electron chi connectivity index (χ3n) is 6.79. The Balaban J connectivity index is 1.69. The number of halogens is 5. The topological polar surface area (TPSA) is 113 Å². The van der Waals surface area contributed by atoms with Crippen molar-refractivity contribution in [3.8, 4) is 5.75 Å². The molecule has 1 heterocycles. The van der Waals surface area contributed by atoms with Crippen molar-refractivity contribution in [1.29, 1.82) is 0 Å².